The third-order valence-corrected chi connectivity index (χ3v) is 13.1. The van der Waals surface area contributed by atoms with Gasteiger partial charge in [-0.2, -0.15) is 0 Å². The molecule has 1 aromatic heterocycles. The van der Waals surface area contributed by atoms with Crippen LogP contribution in [0.25, 0.3) is 31.2 Å². The molecule has 57 heavy (non-hydrogen) atoms. The first-order valence-electron chi connectivity index (χ1n) is 20.2. The Kier molecular flexibility index (Phi) is 11.5. The van der Waals surface area contributed by atoms with Crippen LogP contribution in [0, 0.1) is 30.6 Å². The number of allylic oxidation sites excluding steroid dienone is 4. The zero-order valence-electron chi connectivity index (χ0n) is 33.9. The van der Waals surface area contributed by atoms with Gasteiger partial charge in [0.2, 0.25) is 0 Å². The number of amides is 1. The quantitative estimate of drug-likeness (QED) is 0.0890. The molecule has 4 bridgehead atoms. The molecule has 302 valence electrons. The molecular formula is C45H54N4O7S. The minimum absolute atomic E-state index is 0.0211. The van der Waals surface area contributed by atoms with E-state index >= 15 is 0 Å². The minimum Gasteiger partial charge on any atom is -0.505 e. The van der Waals surface area contributed by atoms with Crippen molar-refractivity contribution in [2.75, 3.05) is 36.4 Å². The Bertz CT molecular complexity index is 2400. The van der Waals surface area contributed by atoms with Crippen molar-refractivity contribution < 1.29 is 29.3 Å². The van der Waals surface area contributed by atoms with Crippen LogP contribution in [0.1, 0.15) is 83.1 Å². The first kappa shape index (κ1) is 40.4. The third kappa shape index (κ3) is 7.67. The number of ether oxygens (including phenoxy) is 2. The summed E-state index contributed by atoms with van der Waals surface area (Å²) < 4.78 is 13.5. The highest BCUT2D eigenvalue weighted by Gasteiger charge is 2.49. The normalized spacial score (nSPS) is 27.5. The number of carbonyl (C=O) groups excluding carboxylic acids is 2. The highest BCUT2D eigenvalue weighted by Crippen LogP contribution is 2.49. The Morgan fingerprint density at radius 1 is 1.07 bits per heavy atom. The number of aromatic hydroxyl groups is 1. The van der Waals surface area contributed by atoms with E-state index < -0.39 is 34.8 Å². The number of nitrogens with one attached hydrogen (secondary N) is 2. The molecule has 11 nitrogen and oxygen atoms in total. The lowest BCUT2D eigenvalue weighted by atomic mass is 9.81. The Balaban J connectivity index is 1.43. The van der Waals surface area contributed by atoms with Crippen LogP contribution in [0.4, 0.5) is 11.4 Å². The van der Waals surface area contributed by atoms with Crippen LogP contribution < -0.4 is 25.7 Å². The number of aliphatic hydroxyl groups is 1. The number of carbonyl (C=O) groups is 2. The van der Waals surface area contributed by atoms with Gasteiger partial charge < -0.3 is 35.2 Å². The van der Waals surface area contributed by atoms with Crippen LogP contribution in [0.5, 0.6) is 11.5 Å². The summed E-state index contributed by atoms with van der Waals surface area (Å²) in [4.78, 5) is 50.1. The number of aromatic nitrogens is 1. The summed E-state index contributed by atoms with van der Waals surface area (Å²) in [6.45, 7) is 16.7. The van der Waals surface area contributed by atoms with Crippen molar-refractivity contribution in [3.8, 4) is 11.5 Å². The van der Waals surface area contributed by atoms with Gasteiger partial charge in [-0.3, -0.25) is 14.4 Å². The molecule has 1 fully saturated rings. The first-order valence-corrected chi connectivity index (χ1v) is 21.0. The van der Waals surface area contributed by atoms with Crippen molar-refractivity contribution in [1.29, 1.82) is 0 Å². The number of benzene rings is 3. The molecule has 4 heterocycles. The fourth-order valence-electron chi connectivity index (χ4n) is 8.68. The number of rotatable bonds is 2. The van der Waals surface area contributed by atoms with Crippen molar-refractivity contribution >= 4 is 65.6 Å². The topological polar surface area (TPSA) is 150 Å². The van der Waals surface area contributed by atoms with Crippen LogP contribution in [0.2, 0.25) is 0 Å². The van der Waals surface area contributed by atoms with Gasteiger partial charge in [-0.05, 0) is 81.1 Å². The van der Waals surface area contributed by atoms with E-state index in [2.05, 4.69) is 55.4 Å². The van der Waals surface area contributed by atoms with Gasteiger partial charge >= 0.3 is 5.79 Å². The minimum atomic E-state index is -1.82. The van der Waals surface area contributed by atoms with Crippen LogP contribution in [0.3, 0.4) is 0 Å². The molecule has 3 aromatic carbocycles. The molecule has 0 saturated carbocycles. The summed E-state index contributed by atoms with van der Waals surface area (Å²) in [6.07, 6.45) is 11.5. The lowest BCUT2D eigenvalue weighted by Gasteiger charge is -2.29. The van der Waals surface area contributed by atoms with E-state index in [1.54, 1.807) is 19.9 Å². The van der Waals surface area contributed by atoms with Gasteiger partial charge in [0, 0.05) is 55.3 Å². The molecule has 4 N–H and O–H groups in total. The second kappa shape index (κ2) is 16.2. The van der Waals surface area contributed by atoms with Crippen molar-refractivity contribution in [3.63, 3.8) is 0 Å². The Labute approximate surface area is 337 Å². The van der Waals surface area contributed by atoms with E-state index in [4.69, 9.17) is 14.5 Å². The molecule has 0 spiro atoms. The summed E-state index contributed by atoms with van der Waals surface area (Å²) in [7, 11) is 0. The molecule has 0 radical (unpaired) electrons. The van der Waals surface area contributed by atoms with Crippen LogP contribution in [-0.2, 0) is 9.53 Å². The van der Waals surface area contributed by atoms with Gasteiger partial charge in [0.15, 0.2) is 11.2 Å². The Morgan fingerprint density at radius 3 is 2.56 bits per heavy atom. The van der Waals surface area contributed by atoms with Crippen LogP contribution in [0.15, 0.2) is 59.1 Å². The van der Waals surface area contributed by atoms with Crippen LogP contribution in [-0.4, -0.2) is 65.0 Å². The molecule has 1 saturated heterocycles. The maximum atomic E-state index is 14.6. The summed E-state index contributed by atoms with van der Waals surface area (Å²) in [5.41, 5.74) is 2.04. The molecule has 12 heteroatoms. The predicted molar refractivity (Wildman–Crippen MR) is 229 cm³/mol. The summed E-state index contributed by atoms with van der Waals surface area (Å²) >= 11 is 1.32. The Hall–Kier alpha value is -4.78. The molecule has 7 rings (SSSR count). The van der Waals surface area contributed by atoms with E-state index in [0.717, 1.165) is 55.8 Å². The largest absolute Gasteiger partial charge is 0.505 e. The molecule has 3 aliphatic rings. The first-order chi connectivity index (χ1) is 27.2. The van der Waals surface area contributed by atoms with E-state index in [0.29, 0.717) is 28.1 Å². The highest BCUT2D eigenvalue weighted by molar-refractivity contribution is 7.25. The SMILES string of the molecule is CCC1CC=COC2(C)Oc3c(C)c(=O)c4c(O)c(c5sc6cc(N7CCNCC7)ccc6nc5c4c3C2=O)NC(=O)/C(C)=C\C=CC(C)CC(C)CC(C)C1O. The van der Waals surface area contributed by atoms with Gasteiger partial charge in [0.1, 0.15) is 11.4 Å². The predicted octanol–water partition coefficient (Wildman–Crippen LogP) is 8.13. The molecule has 6 atom stereocenters. The number of hydrogen-bond donors (Lipinski definition) is 4. The average Bonchev–Trinajstić information content (AvgIpc) is 3.46. The summed E-state index contributed by atoms with van der Waals surface area (Å²) in [5, 5.41) is 29.8. The van der Waals surface area contributed by atoms with Crippen molar-refractivity contribution in [3.05, 3.63) is 75.7 Å². The molecular weight excluding hydrogens is 741 g/mol. The smallest absolute Gasteiger partial charge is 0.312 e. The monoisotopic (exact) mass is 794 g/mol. The fourth-order valence-corrected chi connectivity index (χ4v) is 9.79. The fraction of sp³-hybridized carbons (Fsp3) is 0.467. The van der Waals surface area contributed by atoms with E-state index in [9.17, 15) is 24.6 Å². The van der Waals surface area contributed by atoms with Gasteiger partial charge in [-0.15, -0.1) is 11.3 Å². The Morgan fingerprint density at radius 2 is 1.82 bits per heavy atom. The number of ketones is 1. The maximum Gasteiger partial charge on any atom is 0.312 e. The van der Waals surface area contributed by atoms with E-state index in [-0.39, 0.29) is 56.6 Å². The van der Waals surface area contributed by atoms with Gasteiger partial charge in [-0.25, -0.2) is 4.98 Å². The zero-order chi connectivity index (χ0) is 40.8. The number of Topliss-reactive ketones (excluding diaryl/α,β-unsaturated/α-hetero) is 1. The maximum absolute atomic E-state index is 14.6. The third-order valence-electron chi connectivity index (χ3n) is 11.9. The highest BCUT2D eigenvalue weighted by atomic mass is 32.1. The lowest BCUT2D eigenvalue weighted by Crippen LogP contribution is -2.43. The molecule has 1 amide bonds. The zero-order valence-corrected chi connectivity index (χ0v) is 34.7. The number of fused-ring (bicyclic) bond motifs is 2. The lowest BCUT2D eigenvalue weighted by molar-refractivity contribution is -0.112. The number of phenols is 1. The standard InChI is InChI=1S/C45H54N4O7S/c1-8-29-13-10-20-55-45(7)43(53)35-33-34(39(51)28(6)41(35)56-45)40(52)37(48-44(54)26(4)12-9-11-24(2)21-25(3)22-27(5)38(29)50)42-36(33)47-31-15-14-30(23-32(31)57-42)49-18-16-46-17-19-49/h9-12,14-15,20,23-25,27,29,38,46,50,52H,8,13,16-19,21-22H2,1-7H3,(H,48,54)/b11-9?,20-10?,26-12-. The second-order valence-electron chi connectivity index (χ2n) is 16.4. The van der Waals surface area contributed by atoms with Crippen LogP contribution >= 0.6 is 11.3 Å². The number of hydrogen-bond acceptors (Lipinski definition) is 11. The molecule has 6 unspecified atom stereocenters. The van der Waals surface area contributed by atoms with Crippen molar-refractivity contribution in [1.82, 2.24) is 10.3 Å². The summed E-state index contributed by atoms with van der Waals surface area (Å²) in [5.74, 6) is -2.54. The van der Waals surface area contributed by atoms with E-state index in [1.165, 1.54) is 24.5 Å². The van der Waals surface area contributed by atoms with Gasteiger partial charge in [0.25, 0.3) is 11.7 Å². The number of piperazine rings is 1. The molecule has 4 aromatic rings. The molecule has 3 aliphatic heterocycles. The van der Waals surface area contributed by atoms with Crippen molar-refractivity contribution in [2.24, 2.45) is 23.7 Å². The van der Waals surface area contributed by atoms with E-state index in [1.807, 2.05) is 24.3 Å². The number of nitrogens with zero attached hydrogens (tertiary/aromatic N) is 2. The summed E-state index contributed by atoms with van der Waals surface area (Å²) in [6, 6.07) is 5.98. The second-order valence-corrected chi connectivity index (χ2v) is 17.4. The average molecular weight is 795 g/mol. The van der Waals surface area contributed by atoms with Gasteiger partial charge in [0.05, 0.1) is 43.7 Å². The number of phenolic OH excluding ortho intramolecular Hbond substituents is 1. The van der Waals surface area contributed by atoms with Crippen molar-refractivity contribution in [2.45, 2.75) is 86.0 Å². The van der Waals surface area contributed by atoms with Gasteiger partial charge in [-0.1, -0.05) is 52.3 Å². The number of anilines is 2. The molecule has 0 aliphatic carbocycles. The number of aliphatic hydroxyl groups excluding tert-OH is 1.